The second-order valence-corrected chi connectivity index (χ2v) is 7.48. The third-order valence-electron chi connectivity index (χ3n) is 3.49. The topological polar surface area (TPSA) is 107 Å². The first kappa shape index (κ1) is 24.9. The normalized spacial score (nSPS) is 12.2. The van der Waals surface area contributed by atoms with Gasteiger partial charge in [0.05, 0.1) is 11.4 Å². The van der Waals surface area contributed by atoms with Gasteiger partial charge in [0.15, 0.2) is 5.96 Å². The maximum absolute atomic E-state index is 12.5. The molecule has 1 aromatic heterocycles. The Labute approximate surface area is 183 Å². The number of nitrogens with two attached hydrogens (primary N) is 1. The number of hydrogen-bond donors (Lipinski definition) is 2. The van der Waals surface area contributed by atoms with Gasteiger partial charge in [0.25, 0.3) is 9.84 Å². The fourth-order valence-electron chi connectivity index (χ4n) is 2.09. The van der Waals surface area contributed by atoms with Gasteiger partial charge in [0.2, 0.25) is 0 Å². The molecule has 0 saturated heterocycles. The average Bonchev–Trinajstić information content (AvgIpc) is 2.65. The molecular formula is C17H20F3IN4O3S. The molecule has 2 rings (SSSR count). The van der Waals surface area contributed by atoms with E-state index in [1.54, 1.807) is 6.20 Å². The summed E-state index contributed by atoms with van der Waals surface area (Å²) in [5.74, 6) is 0.458. The lowest BCUT2D eigenvalue weighted by atomic mass is 10.3. The molecule has 0 amide bonds. The summed E-state index contributed by atoms with van der Waals surface area (Å²) >= 11 is 0. The molecule has 1 aromatic carbocycles. The Kier molecular flexibility index (Phi) is 9.62. The van der Waals surface area contributed by atoms with E-state index in [1.807, 2.05) is 18.2 Å². The first-order valence-electron chi connectivity index (χ1n) is 8.18. The van der Waals surface area contributed by atoms with Crippen LogP contribution in [0.25, 0.3) is 0 Å². The van der Waals surface area contributed by atoms with Crippen molar-refractivity contribution < 1.29 is 26.3 Å². The number of sulfone groups is 1. The Morgan fingerprint density at radius 1 is 1.17 bits per heavy atom. The van der Waals surface area contributed by atoms with Gasteiger partial charge in [-0.2, -0.15) is 13.2 Å². The molecule has 0 radical (unpaired) electrons. The van der Waals surface area contributed by atoms with Gasteiger partial charge >= 0.3 is 5.51 Å². The lowest BCUT2D eigenvalue weighted by Crippen LogP contribution is -2.35. The van der Waals surface area contributed by atoms with Crippen LogP contribution < -0.4 is 15.8 Å². The number of alkyl halides is 3. The van der Waals surface area contributed by atoms with Crippen molar-refractivity contribution in [1.29, 1.82) is 0 Å². The van der Waals surface area contributed by atoms with Crippen molar-refractivity contribution in [3.05, 3.63) is 54.4 Å². The molecule has 0 aliphatic carbocycles. The summed E-state index contributed by atoms with van der Waals surface area (Å²) in [4.78, 5) is 7.47. The molecule has 1 heterocycles. The van der Waals surface area contributed by atoms with Crippen molar-refractivity contribution in [3.8, 4) is 5.75 Å². The van der Waals surface area contributed by atoms with E-state index in [9.17, 15) is 21.6 Å². The number of hydrogen-bond acceptors (Lipinski definition) is 5. The first-order valence-corrected chi connectivity index (χ1v) is 9.66. The highest BCUT2D eigenvalue weighted by Gasteiger charge is 2.46. The summed E-state index contributed by atoms with van der Waals surface area (Å²) in [5.41, 5.74) is 1.28. The van der Waals surface area contributed by atoms with Crippen LogP contribution in [0, 0.1) is 0 Å². The van der Waals surface area contributed by atoms with E-state index in [1.165, 1.54) is 0 Å². The van der Waals surface area contributed by atoms with E-state index >= 15 is 0 Å². The number of pyridine rings is 1. The Bertz CT molecular complexity index is 892. The van der Waals surface area contributed by atoms with Crippen LogP contribution in [0.5, 0.6) is 5.75 Å². The van der Waals surface area contributed by atoms with Crippen LogP contribution in [0.4, 0.5) is 13.2 Å². The summed E-state index contributed by atoms with van der Waals surface area (Å²) in [6, 6.07) is 9.60. The third kappa shape index (κ3) is 7.68. The van der Waals surface area contributed by atoms with Gasteiger partial charge < -0.3 is 15.8 Å². The number of nitrogens with one attached hydrogen (secondary N) is 1. The van der Waals surface area contributed by atoms with Crippen LogP contribution in [0.15, 0.2) is 58.5 Å². The van der Waals surface area contributed by atoms with Crippen molar-refractivity contribution in [2.24, 2.45) is 10.7 Å². The molecule has 3 N–H and O–H groups in total. The zero-order valence-electron chi connectivity index (χ0n) is 15.1. The highest BCUT2D eigenvalue weighted by molar-refractivity contribution is 14.0. The van der Waals surface area contributed by atoms with E-state index in [0.29, 0.717) is 19.5 Å². The molecule has 0 aliphatic heterocycles. The molecule has 0 aliphatic rings. The van der Waals surface area contributed by atoms with Gasteiger partial charge in [-0.1, -0.05) is 6.07 Å². The predicted molar refractivity (Wildman–Crippen MR) is 113 cm³/mol. The Morgan fingerprint density at radius 2 is 1.86 bits per heavy atom. The Hall–Kier alpha value is -2.09. The van der Waals surface area contributed by atoms with E-state index < -0.39 is 20.2 Å². The average molecular weight is 544 g/mol. The summed E-state index contributed by atoms with van der Waals surface area (Å²) in [7, 11) is -5.36. The maximum atomic E-state index is 12.5. The SMILES string of the molecule is I.NC(=NCCc1ccccn1)NCCOc1ccc(S(=O)(=O)C(F)(F)F)cc1. The summed E-state index contributed by atoms with van der Waals surface area (Å²) < 4.78 is 65.3. The van der Waals surface area contributed by atoms with Gasteiger partial charge in [-0.05, 0) is 36.4 Å². The number of ether oxygens (including phenoxy) is 1. The second-order valence-electron chi connectivity index (χ2n) is 5.53. The van der Waals surface area contributed by atoms with Crippen molar-refractivity contribution in [2.45, 2.75) is 16.8 Å². The van der Waals surface area contributed by atoms with Crippen LogP contribution in [0.3, 0.4) is 0 Å². The molecule has 12 heteroatoms. The zero-order chi connectivity index (χ0) is 20.6. The predicted octanol–water partition coefficient (Wildman–Crippen LogP) is 2.52. The monoisotopic (exact) mass is 544 g/mol. The van der Waals surface area contributed by atoms with Crippen LogP contribution >= 0.6 is 24.0 Å². The molecule has 2 aromatic rings. The lowest BCUT2D eigenvalue weighted by Gasteiger charge is -2.10. The standard InChI is InChI=1S/C17H19F3N4O3S.HI/c18-17(19,20)28(25,26)15-6-4-14(5-7-15)27-12-11-24-16(21)23-10-8-13-3-1-2-9-22-13;/h1-7,9H,8,10-12H2,(H3,21,23,24);1H. The number of rotatable bonds is 8. The molecule has 7 nitrogen and oxygen atoms in total. The quantitative estimate of drug-likeness (QED) is 0.229. The van der Waals surface area contributed by atoms with Gasteiger partial charge in [0.1, 0.15) is 12.4 Å². The Morgan fingerprint density at radius 3 is 2.45 bits per heavy atom. The molecule has 0 unspecified atom stereocenters. The largest absolute Gasteiger partial charge is 0.501 e. The molecule has 0 fully saturated rings. The van der Waals surface area contributed by atoms with Crippen molar-refractivity contribution >= 4 is 39.8 Å². The summed E-state index contributed by atoms with van der Waals surface area (Å²) in [6.07, 6.45) is 2.34. The van der Waals surface area contributed by atoms with Gasteiger partial charge in [-0.15, -0.1) is 24.0 Å². The second kappa shape index (κ2) is 11.2. The highest BCUT2D eigenvalue weighted by Crippen LogP contribution is 2.30. The van der Waals surface area contributed by atoms with Crippen LogP contribution in [0.2, 0.25) is 0 Å². The number of halogens is 4. The number of aromatic nitrogens is 1. The van der Waals surface area contributed by atoms with E-state index in [-0.39, 0.29) is 42.3 Å². The molecule has 0 atom stereocenters. The fraction of sp³-hybridized carbons (Fsp3) is 0.294. The summed E-state index contributed by atoms with van der Waals surface area (Å²) in [6.45, 7) is 0.926. The van der Waals surface area contributed by atoms with E-state index in [0.717, 1.165) is 30.0 Å². The minimum absolute atomic E-state index is 0. The molecule has 0 saturated carbocycles. The van der Waals surface area contributed by atoms with Gasteiger partial charge in [0, 0.05) is 24.9 Å². The van der Waals surface area contributed by atoms with Crippen molar-refractivity contribution in [3.63, 3.8) is 0 Å². The Balaban J connectivity index is 0.00000420. The minimum atomic E-state index is -5.36. The zero-order valence-corrected chi connectivity index (χ0v) is 18.2. The number of nitrogens with zero attached hydrogens (tertiary/aromatic N) is 2. The maximum Gasteiger partial charge on any atom is 0.501 e. The molecule has 0 spiro atoms. The van der Waals surface area contributed by atoms with E-state index in [2.05, 4.69) is 15.3 Å². The molecule has 0 bridgehead atoms. The minimum Gasteiger partial charge on any atom is -0.492 e. The van der Waals surface area contributed by atoms with E-state index in [4.69, 9.17) is 10.5 Å². The highest BCUT2D eigenvalue weighted by atomic mass is 127. The smallest absolute Gasteiger partial charge is 0.492 e. The summed E-state index contributed by atoms with van der Waals surface area (Å²) in [5, 5.41) is 2.83. The lowest BCUT2D eigenvalue weighted by molar-refractivity contribution is -0.0436. The van der Waals surface area contributed by atoms with Crippen LogP contribution in [-0.2, 0) is 16.3 Å². The first-order chi connectivity index (χ1) is 13.2. The van der Waals surface area contributed by atoms with Gasteiger partial charge in [-0.3, -0.25) is 9.98 Å². The third-order valence-corrected chi connectivity index (χ3v) is 4.99. The molecule has 160 valence electrons. The van der Waals surface area contributed by atoms with Crippen molar-refractivity contribution in [2.75, 3.05) is 19.7 Å². The van der Waals surface area contributed by atoms with Crippen molar-refractivity contribution in [1.82, 2.24) is 10.3 Å². The van der Waals surface area contributed by atoms with Crippen LogP contribution in [-0.4, -0.2) is 44.6 Å². The number of benzene rings is 1. The fourth-order valence-corrected chi connectivity index (χ4v) is 2.85. The molecular weight excluding hydrogens is 524 g/mol. The van der Waals surface area contributed by atoms with Crippen LogP contribution in [0.1, 0.15) is 5.69 Å². The van der Waals surface area contributed by atoms with Gasteiger partial charge in [-0.25, -0.2) is 8.42 Å². The number of aliphatic imine (C=N–C) groups is 1. The number of guanidine groups is 1. The molecule has 29 heavy (non-hydrogen) atoms.